The number of nitrogens with zero attached hydrogens (tertiary/aromatic N) is 1. The molecule has 0 bridgehead atoms. The summed E-state index contributed by atoms with van der Waals surface area (Å²) in [5.74, 6) is -2.15. The van der Waals surface area contributed by atoms with Gasteiger partial charge in [0.05, 0.1) is 36.8 Å². The first-order valence-electron chi connectivity index (χ1n) is 12.4. The summed E-state index contributed by atoms with van der Waals surface area (Å²) in [6.07, 6.45) is -10.2. The first-order valence-corrected chi connectivity index (χ1v) is 12.4. The number of halogens is 6. The molecular weight excluding hydrogens is 554 g/mol. The van der Waals surface area contributed by atoms with Crippen LogP contribution in [0, 0.1) is 0 Å². The van der Waals surface area contributed by atoms with Crippen LogP contribution in [0.4, 0.5) is 26.3 Å². The lowest BCUT2D eigenvalue weighted by Gasteiger charge is -2.42. The molecule has 0 spiro atoms. The fourth-order valence-electron chi connectivity index (χ4n) is 4.88. The molecule has 2 atom stereocenters. The second kappa shape index (κ2) is 11.8. The van der Waals surface area contributed by atoms with Crippen molar-refractivity contribution in [2.75, 3.05) is 27.4 Å². The minimum atomic E-state index is -5.12. The highest BCUT2D eigenvalue weighted by Gasteiger charge is 2.46. The summed E-state index contributed by atoms with van der Waals surface area (Å²) in [7, 11) is 2.86. The standard InChI is InChI=1S/C29H26F6N2O4/c1-40-12-11-36-26(38)24-22-5-3-4-6-23(22)27(39)37(16-17-7-9-21(41-2)10-8-17)25(24)18-13-19(28(30,31)32)15-20(14-18)29(33,34)35/h3-10,13-15,24-25H,11-12,16H2,1-2H3,(H,36,38). The number of hydrogen-bond acceptors (Lipinski definition) is 4. The first-order chi connectivity index (χ1) is 19.3. The Morgan fingerprint density at radius 3 is 2.07 bits per heavy atom. The molecule has 1 heterocycles. The fraction of sp³-hybridized carbons (Fsp3) is 0.310. The molecule has 1 aliphatic rings. The summed E-state index contributed by atoms with van der Waals surface area (Å²) < 4.78 is 93.2. The van der Waals surface area contributed by atoms with Crippen molar-refractivity contribution >= 4 is 11.8 Å². The van der Waals surface area contributed by atoms with Gasteiger partial charge in [-0.1, -0.05) is 30.3 Å². The smallest absolute Gasteiger partial charge is 0.416 e. The lowest BCUT2D eigenvalue weighted by Crippen LogP contribution is -2.47. The molecule has 3 aromatic rings. The number of fused-ring (bicyclic) bond motifs is 1. The number of carbonyl (C=O) groups is 2. The number of nitrogens with one attached hydrogen (secondary N) is 1. The van der Waals surface area contributed by atoms with Crippen LogP contribution in [0.2, 0.25) is 0 Å². The number of rotatable bonds is 8. The highest BCUT2D eigenvalue weighted by Crippen LogP contribution is 2.46. The van der Waals surface area contributed by atoms with Crippen molar-refractivity contribution in [1.29, 1.82) is 0 Å². The van der Waals surface area contributed by atoms with Gasteiger partial charge in [0.15, 0.2) is 0 Å². The summed E-state index contributed by atoms with van der Waals surface area (Å²) in [6.45, 7) is -0.0636. The van der Waals surface area contributed by atoms with E-state index in [-0.39, 0.29) is 36.9 Å². The van der Waals surface area contributed by atoms with Crippen LogP contribution in [0.1, 0.15) is 50.1 Å². The van der Waals surface area contributed by atoms with Gasteiger partial charge in [0.25, 0.3) is 5.91 Å². The highest BCUT2D eigenvalue weighted by atomic mass is 19.4. The van der Waals surface area contributed by atoms with Gasteiger partial charge in [-0.2, -0.15) is 26.3 Å². The van der Waals surface area contributed by atoms with E-state index >= 15 is 0 Å². The van der Waals surface area contributed by atoms with E-state index in [0.717, 1.165) is 4.90 Å². The van der Waals surface area contributed by atoms with Crippen molar-refractivity contribution < 1.29 is 45.4 Å². The van der Waals surface area contributed by atoms with Gasteiger partial charge in [-0.3, -0.25) is 9.59 Å². The van der Waals surface area contributed by atoms with Crippen molar-refractivity contribution in [3.05, 3.63) is 100 Å². The zero-order valence-corrected chi connectivity index (χ0v) is 22.0. The monoisotopic (exact) mass is 580 g/mol. The van der Waals surface area contributed by atoms with Crippen LogP contribution in [0.3, 0.4) is 0 Å². The Morgan fingerprint density at radius 2 is 1.51 bits per heavy atom. The number of alkyl halides is 6. The van der Waals surface area contributed by atoms with Crippen LogP contribution in [-0.4, -0.2) is 44.1 Å². The van der Waals surface area contributed by atoms with Crippen LogP contribution >= 0.6 is 0 Å². The van der Waals surface area contributed by atoms with Crippen molar-refractivity contribution in [3.8, 4) is 5.75 Å². The van der Waals surface area contributed by atoms with Gasteiger partial charge in [-0.25, -0.2) is 0 Å². The zero-order valence-electron chi connectivity index (χ0n) is 22.0. The van der Waals surface area contributed by atoms with E-state index in [9.17, 15) is 35.9 Å². The van der Waals surface area contributed by atoms with E-state index < -0.39 is 52.8 Å². The maximum Gasteiger partial charge on any atom is 0.416 e. The molecule has 41 heavy (non-hydrogen) atoms. The van der Waals surface area contributed by atoms with Crippen LogP contribution in [0.15, 0.2) is 66.7 Å². The Balaban J connectivity index is 1.95. The maximum absolute atomic E-state index is 13.8. The predicted octanol–water partition coefficient (Wildman–Crippen LogP) is 5.98. The van der Waals surface area contributed by atoms with Gasteiger partial charge < -0.3 is 19.7 Å². The van der Waals surface area contributed by atoms with E-state index in [1.54, 1.807) is 36.4 Å². The number of hydrogen-bond donors (Lipinski definition) is 1. The van der Waals surface area contributed by atoms with E-state index in [1.807, 2.05) is 0 Å². The summed E-state index contributed by atoms with van der Waals surface area (Å²) >= 11 is 0. The second-order valence-corrected chi connectivity index (χ2v) is 9.41. The molecule has 218 valence electrons. The van der Waals surface area contributed by atoms with E-state index in [1.165, 1.54) is 26.4 Å². The van der Waals surface area contributed by atoms with Crippen LogP contribution < -0.4 is 10.1 Å². The van der Waals surface area contributed by atoms with E-state index in [4.69, 9.17) is 9.47 Å². The molecule has 2 unspecified atom stereocenters. The molecule has 4 rings (SSSR count). The lowest BCUT2D eigenvalue weighted by atomic mass is 9.78. The average Bonchev–Trinajstić information content (AvgIpc) is 2.93. The van der Waals surface area contributed by atoms with Crippen LogP contribution in [0.25, 0.3) is 0 Å². The van der Waals surface area contributed by atoms with Gasteiger partial charge in [0, 0.05) is 25.8 Å². The SMILES string of the molecule is COCCNC(=O)C1c2ccccc2C(=O)N(Cc2ccc(OC)cc2)C1c1cc(C(F)(F)F)cc(C(F)(F)F)c1. The molecular formula is C29H26F6N2O4. The molecule has 1 N–H and O–H groups in total. The van der Waals surface area contributed by atoms with Gasteiger partial charge in [0.2, 0.25) is 5.91 Å². The Hall–Kier alpha value is -4.06. The number of benzene rings is 3. The van der Waals surface area contributed by atoms with Crippen molar-refractivity contribution in [3.63, 3.8) is 0 Å². The van der Waals surface area contributed by atoms with Crippen LogP contribution in [-0.2, 0) is 28.4 Å². The molecule has 0 radical (unpaired) electrons. The molecule has 0 saturated heterocycles. The highest BCUT2D eigenvalue weighted by molar-refractivity contribution is 6.01. The third kappa shape index (κ3) is 6.48. The maximum atomic E-state index is 13.8. The third-order valence-corrected chi connectivity index (χ3v) is 6.79. The topological polar surface area (TPSA) is 67.9 Å². The number of methoxy groups -OCH3 is 2. The summed E-state index contributed by atoms with van der Waals surface area (Å²) in [5, 5.41) is 2.64. The summed E-state index contributed by atoms with van der Waals surface area (Å²) in [4.78, 5) is 28.6. The van der Waals surface area contributed by atoms with Crippen LogP contribution in [0.5, 0.6) is 5.75 Å². The normalized spacial score (nSPS) is 17.3. The van der Waals surface area contributed by atoms with E-state index in [0.29, 0.717) is 23.4 Å². The Bertz CT molecular complexity index is 1370. The average molecular weight is 581 g/mol. The zero-order chi connectivity index (χ0) is 29.9. The third-order valence-electron chi connectivity index (χ3n) is 6.79. The van der Waals surface area contributed by atoms with Gasteiger partial charge >= 0.3 is 12.4 Å². The Labute approximate surface area is 231 Å². The molecule has 12 heteroatoms. The predicted molar refractivity (Wildman–Crippen MR) is 136 cm³/mol. The summed E-state index contributed by atoms with van der Waals surface area (Å²) in [6, 6.07) is 12.1. The minimum absolute atomic E-state index is 0.0174. The minimum Gasteiger partial charge on any atom is -0.497 e. The Morgan fingerprint density at radius 1 is 0.902 bits per heavy atom. The fourth-order valence-corrected chi connectivity index (χ4v) is 4.88. The molecule has 3 aromatic carbocycles. The number of carbonyl (C=O) groups excluding carboxylic acids is 2. The molecule has 1 aliphatic heterocycles. The first kappa shape index (κ1) is 29.9. The quantitative estimate of drug-likeness (QED) is 0.263. The van der Waals surface area contributed by atoms with E-state index in [2.05, 4.69) is 5.32 Å². The van der Waals surface area contributed by atoms with Gasteiger partial charge in [-0.15, -0.1) is 0 Å². The number of amides is 2. The lowest BCUT2D eigenvalue weighted by molar-refractivity contribution is -0.143. The summed E-state index contributed by atoms with van der Waals surface area (Å²) in [5.41, 5.74) is -2.74. The number of ether oxygens (including phenoxy) is 2. The second-order valence-electron chi connectivity index (χ2n) is 9.41. The van der Waals surface area contributed by atoms with Gasteiger partial charge in [0.1, 0.15) is 5.75 Å². The van der Waals surface area contributed by atoms with Crippen molar-refractivity contribution in [2.45, 2.75) is 30.9 Å². The van der Waals surface area contributed by atoms with Crippen molar-refractivity contribution in [1.82, 2.24) is 10.2 Å². The van der Waals surface area contributed by atoms with Crippen molar-refractivity contribution in [2.24, 2.45) is 0 Å². The van der Waals surface area contributed by atoms with Gasteiger partial charge in [-0.05, 0) is 53.1 Å². The molecule has 0 saturated carbocycles. The Kier molecular flexibility index (Phi) is 8.62. The molecule has 2 amide bonds. The molecule has 0 aliphatic carbocycles. The largest absolute Gasteiger partial charge is 0.497 e. The molecule has 0 fully saturated rings. The molecule has 0 aromatic heterocycles. The molecule has 6 nitrogen and oxygen atoms in total.